The number of phosphoric ester groups is 3. The zero-order valence-electron chi connectivity index (χ0n) is 45.2. The topological polar surface area (TPSA) is 731 Å². The standard InChI is InChI=1S/C10H17FN3O13P3S.C10H16FN2O14P3S.C10H16FN2O13P3S2/c1-10(16)6(15)5(25-8(10)14-2-4(11)7(12)13-9(14)31)3-24-29(20,21)27-30(22,23)26-28(17,18)19;1-10(16)6(14)5(25-8(10)13-2-4(11)7(15)12-9(13)31)3-24-29(20,21)27-30(22,23)26-28(17,18)19;1-10(15)6(14)5(24-8(10)13-2-4(11)7(30)12-9(13)31)3-23-28(19,20)26-29(21,22)25-27(16,17)18/h2,5-6,8,15-16H,3H2,1H3,(H,20,21)(H,22,23)(H2,12,13,31)(H2,17,18,19);2,5-6,8,14,16H,3H2,1H3,(H,20,21)(H,22,23)(H,12,15,31)(H2,17,18,19);2,5-6,8,14-15H,3H2,1H3,(H,19,20)(H,21,22)(H,12,30,31)(H2,16,17,18)/t3*5-,6+,8-,10?/m111/s1. The van der Waals surface area contributed by atoms with Gasteiger partial charge in [-0.15, -0.1) is 0 Å². The van der Waals surface area contributed by atoms with E-state index in [0.717, 1.165) is 46.9 Å². The van der Waals surface area contributed by atoms with E-state index < -0.39 is 196 Å². The number of nitrogens with two attached hydrogens (primary N) is 1. The molecule has 3 aromatic heterocycles. The zero-order valence-corrected chi connectivity index (χ0v) is 56.6. The quantitative estimate of drug-likeness (QED) is 0.0410. The van der Waals surface area contributed by atoms with E-state index in [1.165, 1.54) is 0 Å². The van der Waals surface area contributed by atoms with Gasteiger partial charge >= 0.3 is 70.4 Å². The van der Waals surface area contributed by atoms with Gasteiger partial charge in [-0.2, -0.15) is 35.2 Å². The zero-order chi connectivity index (χ0) is 72.0. The summed E-state index contributed by atoms with van der Waals surface area (Å²) < 4.78 is 194. The van der Waals surface area contributed by atoms with E-state index in [4.69, 9.17) is 101 Å². The highest BCUT2D eigenvalue weighted by molar-refractivity contribution is 7.72. The lowest BCUT2D eigenvalue weighted by Crippen LogP contribution is -2.44. The molecule has 0 aromatic carbocycles. The molecule has 0 radical (unpaired) electrons. The van der Waals surface area contributed by atoms with Crippen molar-refractivity contribution in [3.05, 3.63) is 65.3 Å². The number of rotatable bonds is 24. The Balaban J connectivity index is 0.000000297. The van der Waals surface area contributed by atoms with Crippen LogP contribution in [0.3, 0.4) is 0 Å². The van der Waals surface area contributed by atoms with E-state index in [1.54, 1.807) is 0 Å². The molecule has 3 saturated heterocycles. The van der Waals surface area contributed by atoms with Crippen LogP contribution in [0.5, 0.6) is 0 Å². The highest BCUT2D eigenvalue weighted by Crippen LogP contribution is 2.69. The van der Waals surface area contributed by atoms with Gasteiger partial charge in [0.2, 0.25) is 10.6 Å². The molecule has 0 saturated carbocycles. The van der Waals surface area contributed by atoms with E-state index in [2.05, 4.69) is 61.6 Å². The van der Waals surface area contributed by atoms with Crippen LogP contribution in [0.4, 0.5) is 19.0 Å². The van der Waals surface area contributed by atoms with Gasteiger partial charge in [0.25, 0.3) is 5.56 Å². The first kappa shape index (κ1) is 83.8. The monoisotopic (exact) mass is 1610 g/mol. The molecule has 6 heterocycles. The van der Waals surface area contributed by atoms with Crippen LogP contribution < -0.4 is 11.3 Å². The summed E-state index contributed by atoms with van der Waals surface area (Å²) in [6, 6.07) is 0. The van der Waals surface area contributed by atoms with Gasteiger partial charge in [-0.1, -0.05) is 12.2 Å². The van der Waals surface area contributed by atoms with Crippen molar-refractivity contribution in [2.75, 3.05) is 25.6 Å². The Morgan fingerprint density at radius 2 is 0.774 bits per heavy atom. The third-order valence-corrected chi connectivity index (χ3v) is 23.9. The fourth-order valence-electron chi connectivity index (χ4n) is 7.44. The number of nitrogen functional groups attached to an aromatic ring is 1. The maximum atomic E-state index is 13.8. The largest absolute Gasteiger partial charge is 0.490 e. The SMILES string of the molecule is CC1(O)[C@@H](O)[C@@H](COP(=O)(O)OP(=O)(O)OP(=O)(O)O)O[C@H]1n1cc(F)c(=O)[nH]c1=S.CC1(O)[C@@H](O)[C@@H](COP(=O)(O)OP(=O)(O)OP(=O)(O)O)O[C@H]1n1cc(F)c(=S)[nH]c1=S.CC1(O)[C@@H](O)[C@@H](COP(=O)(O)OP(=O)(O)OP(=O)(O)O)O[C@H]1n1cc(F)c(N)nc1=S. The van der Waals surface area contributed by atoms with Crippen LogP contribution in [-0.2, 0) is 94.7 Å². The summed E-state index contributed by atoms with van der Waals surface area (Å²) in [6.07, 6.45) is -13.0. The maximum absolute atomic E-state index is 13.8. The van der Waals surface area contributed by atoms with Gasteiger partial charge in [-0.3, -0.25) is 37.1 Å². The molecule has 0 aliphatic carbocycles. The minimum Gasteiger partial charge on any atom is -0.387 e. The van der Waals surface area contributed by atoms with Crippen molar-refractivity contribution >= 4 is 125 Å². The molecular formula is C30H49F3N7O40P9S4. The van der Waals surface area contributed by atoms with Crippen molar-refractivity contribution in [1.29, 1.82) is 0 Å². The predicted molar refractivity (Wildman–Crippen MR) is 295 cm³/mol. The lowest BCUT2D eigenvalue weighted by atomic mass is 9.96. The summed E-state index contributed by atoms with van der Waals surface area (Å²) in [5, 5.41) is 62.4. The Morgan fingerprint density at radius 1 is 0.495 bits per heavy atom. The Bertz CT molecular complexity index is 3880. The molecule has 93 heavy (non-hydrogen) atoms. The molecule has 6 rings (SSSR count). The first-order valence-electron chi connectivity index (χ1n) is 23.1. The van der Waals surface area contributed by atoms with E-state index >= 15 is 0 Å². The Kier molecular flexibility index (Phi) is 27.3. The second kappa shape index (κ2) is 30.3. The number of aliphatic hydroxyl groups excluding tert-OH is 3. The summed E-state index contributed by atoms with van der Waals surface area (Å²) in [6.45, 7) is -0.0296. The average molecular weight is 1610 g/mol. The number of nitrogens with zero attached hydrogens (tertiary/aromatic N) is 4. The molecule has 534 valence electrons. The van der Waals surface area contributed by atoms with E-state index in [0.29, 0.717) is 6.20 Å². The Morgan fingerprint density at radius 3 is 1.09 bits per heavy atom. The van der Waals surface area contributed by atoms with Crippen LogP contribution in [0.1, 0.15) is 39.5 Å². The van der Waals surface area contributed by atoms with Gasteiger partial charge in [0.05, 0.1) is 26.0 Å². The van der Waals surface area contributed by atoms with Crippen molar-refractivity contribution in [3.63, 3.8) is 0 Å². The minimum atomic E-state index is -5.76. The Hall–Kier alpha value is -1.62. The number of nitrogens with one attached hydrogen (secondary N) is 2. The Labute approximate surface area is 532 Å². The van der Waals surface area contributed by atoms with Crippen LogP contribution >= 0.6 is 119 Å². The molecule has 47 nitrogen and oxygen atoms in total. The van der Waals surface area contributed by atoms with Crippen LogP contribution in [0.2, 0.25) is 0 Å². The van der Waals surface area contributed by atoms with Gasteiger partial charge < -0.3 is 114 Å². The van der Waals surface area contributed by atoms with Crippen LogP contribution in [-0.4, -0.2) is 191 Å². The minimum absolute atomic E-state index is 0.197. The number of hydrogen-bond acceptors (Lipinski definition) is 34. The van der Waals surface area contributed by atoms with Gasteiger partial charge in [-0.25, -0.2) is 49.9 Å². The first-order chi connectivity index (χ1) is 41.5. The van der Waals surface area contributed by atoms with E-state index in [9.17, 15) is 104 Å². The molecule has 22 N–H and O–H groups in total. The molecule has 3 fully saturated rings. The average Bonchev–Trinajstić information content (AvgIpc) is 1.64. The first-order valence-corrected chi connectivity index (χ1v) is 38.3. The summed E-state index contributed by atoms with van der Waals surface area (Å²) >= 11 is 19.4. The smallest absolute Gasteiger partial charge is 0.387 e. The highest BCUT2D eigenvalue weighted by Gasteiger charge is 2.57. The summed E-state index contributed by atoms with van der Waals surface area (Å²) in [4.78, 5) is 126. The molecule has 0 amide bonds. The van der Waals surface area contributed by atoms with Gasteiger partial charge in [-0.05, 0) is 57.4 Å². The number of aliphatic hydroxyl groups is 6. The van der Waals surface area contributed by atoms with Crippen molar-refractivity contribution in [2.24, 2.45) is 0 Å². The summed E-state index contributed by atoms with van der Waals surface area (Å²) in [5.74, 6) is -3.81. The molecule has 9 unspecified atom stereocenters. The predicted octanol–water partition coefficient (Wildman–Crippen LogP) is -0.149. The number of aromatic amines is 2. The molecule has 3 aromatic rings. The summed E-state index contributed by atoms with van der Waals surface area (Å²) in [5.41, 5.74) is -2.42. The number of hydrogen-bond donors (Lipinski definition) is 21. The van der Waals surface area contributed by atoms with Gasteiger partial charge in [0.15, 0.2) is 45.7 Å². The molecular weight excluding hydrogens is 1560 g/mol. The summed E-state index contributed by atoms with van der Waals surface area (Å²) in [7, 11) is -50.5. The second-order valence-electron chi connectivity index (χ2n) is 18.7. The fourth-order valence-corrected chi connectivity index (χ4v) is 17.5. The molecule has 18 atom stereocenters. The number of phosphoric acid groups is 9. The lowest BCUT2D eigenvalue weighted by Gasteiger charge is -2.28. The normalized spacial score (nSPS) is 30.6. The second-order valence-corrected chi connectivity index (χ2v) is 33.5. The van der Waals surface area contributed by atoms with Crippen molar-refractivity contribution in [1.82, 2.24) is 28.7 Å². The molecule has 63 heteroatoms. The molecule has 3 aliphatic rings. The van der Waals surface area contributed by atoms with E-state index in [1.807, 2.05) is 4.98 Å². The molecule has 0 bridgehead atoms. The van der Waals surface area contributed by atoms with Crippen LogP contribution in [0, 0.1) is 36.4 Å². The molecule has 0 spiro atoms. The van der Waals surface area contributed by atoms with Crippen LogP contribution in [0.15, 0.2) is 23.4 Å². The van der Waals surface area contributed by atoms with E-state index in [-0.39, 0.29) is 14.2 Å². The van der Waals surface area contributed by atoms with Gasteiger partial charge in [0.1, 0.15) is 58.1 Å². The highest BCUT2D eigenvalue weighted by atomic mass is 32.1. The number of halogens is 3. The number of ether oxygens (including phenoxy) is 3. The number of anilines is 1. The number of aromatic nitrogens is 6. The van der Waals surface area contributed by atoms with Gasteiger partial charge in [0, 0.05) is 12.4 Å². The van der Waals surface area contributed by atoms with Crippen molar-refractivity contribution < 1.29 is 197 Å². The number of H-pyrrole nitrogens is 2. The van der Waals surface area contributed by atoms with Crippen LogP contribution in [0.25, 0.3) is 0 Å². The maximum Gasteiger partial charge on any atom is 0.490 e. The molecule has 3 aliphatic heterocycles. The third-order valence-electron chi connectivity index (χ3n) is 11.3. The third kappa shape index (κ3) is 23.8. The lowest BCUT2D eigenvalue weighted by molar-refractivity contribution is -0.0981. The van der Waals surface area contributed by atoms with Crippen molar-refractivity contribution in [2.45, 2.75) is 92.9 Å². The fraction of sp³-hybridized carbons (Fsp3) is 0.600. The van der Waals surface area contributed by atoms with Crippen molar-refractivity contribution in [3.8, 4) is 0 Å².